The Morgan fingerprint density at radius 3 is 2.67 bits per heavy atom. The predicted molar refractivity (Wildman–Crippen MR) is 80.5 cm³/mol. The normalized spacial score (nSPS) is 15.4. The number of benzene rings is 1. The summed E-state index contributed by atoms with van der Waals surface area (Å²) in [5, 5.41) is 0.428. The summed E-state index contributed by atoms with van der Waals surface area (Å²) in [5.74, 6) is 0.373. The molecule has 0 radical (unpaired) electrons. The lowest BCUT2D eigenvalue weighted by molar-refractivity contribution is -0.138. The van der Waals surface area contributed by atoms with Gasteiger partial charge in [-0.3, -0.25) is 0 Å². The average molecular weight is 377 g/mol. The molecule has 0 spiro atoms. The number of alkyl halides is 3. The molecule has 1 aliphatic carbocycles. The zero-order chi connectivity index (χ0) is 15.2. The van der Waals surface area contributed by atoms with Crippen molar-refractivity contribution in [2.45, 2.75) is 31.4 Å². The van der Waals surface area contributed by atoms with Crippen LogP contribution in [-0.2, 0) is 12.6 Å². The average Bonchev–Trinajstić information content (AvgIpc) is 3.15. The molecule has 1 aromatic heterocycles. The minimum absolute atomic E-state index is 0.225. The van der Waals surface area contributed by atoms with E-state index in [0.717, 1.165) is 29.5 Å². The van der Waals surface area contributed by atoms with E-state index >= 15 is 0 Å². The number of hydrogen-bond donors (Lipinski definition) is 1. The topological polar surface area (TPSA) is 38.9 Å². The Kier molecular flexibility index (Phi) is 3.73. The molecule has 2 N–H and O–H groups in total. The summed E-state index contributed by atoms with van der Waals surface area (Å²) in [7, 11) is 0. The van der Waals surface area contributed by atoms with Crippen molar-refractivity contribution in [2.24, 2.45) is 0 Å². The Balaban J connectivity index is 1.98. The molecule has 1 fully saturated rings. The third-order valence-corrected chi connectivity index (χ3v) is 4.83. The van der Waals surface area contributed by atoms with Crippen molar-refractivity contribution in [3.63, 3.8) is 0 Å². The number of halogens is 4. The molecule has 1 saturated carbocycles. The van der Waals surface area contributed by atoms with Crippen LogP contribution in [0.3, 0.4) is 0 Å². The van der Waals surface area contributed by atoms with Crippen molar-refractivity contribution in [3.05, 3.63) is 44.4 Å². The SMILES string of the molecule is Nc1nc(C2CC2)c(Cc2ccc(Br)cc2C(F)(F)F)s1. The highest BCUT2D eigenvalue weighted by Gasteiger charge is 2.35. The van der Waals surface area contributed by atoms with Crippen molar-refractivity contribution >= 4 is 32.4 Å². The van der Waals surface area contributed by atoms with E-state index in [2.05, 4.69) is 20.9 Å². The molecule has 2 nitrogen and oxygen atoms in total. The lowest BCUT2D eigenvalue weighted by Crippen LogP contribution is -2.09. The third-order valence-electron chi connectivity index (χ3n) is 3.44. The number of nitrogen functional groups attached to an aromatic ring is 1. The number of nitrogens with two attached hydrogens (primary N) is 1. The first-order chi connectivity index (χ1) is 9.84. The molecule has 112 valence electrons. The van der Waals surface area contributed by atoms with Crippen LogP contribution in [0.2, 0.25) is 0 Å². The monoisotopic (exact) mass is 376 g/mol. The number of rotatable bonds is 3. The van der Waals surface area contributed by atoms with Crippen molar-refractivity contribution in [3.8, 4) is 0 Å². The van der Waals surface area contributed by atoms with Crippen molar-refractivity contribution < 1.29 is 13.2 Å². The molecule has 0 saturated heterocycles. The first-order valence-corrected chi connectivity index (χ1v) is 8.06. The fourth-order valence-corrected chi connectivity index (χ4v) is 3.63. The number of thiazole rings is 1. The molecule has 21 heavy (non-hydrogen) atoms. The van der Waals surface area contributed by atoms with Crippen LogP contribution >= 0.6 is 27.3 Å². The minimum atomic E-state index is -4.37. The van der Waals surface area contributed by atoms with E-state index in [9.17, 15) is 13.2 Å². The molecule has 0 unspecified atom stereocenters. The van der Waals surface area contributed by atoms with E-state index in [1.807, 2.05) is 0 Å². The lowest BCUT2D eigenvalue weighted by atomic mass is 10.0. The highest BCUT2D eigenvalue weighted by Crippen LogP contribution is 2.44. The van der Waals surface area contributed by atoms with Gasteiger partial charge in [-0.05, 0) is 30.5 Å². The smallest absolute Gasteiger partial charge is 0.375 e. The van der Waals surface area contributed by atoms with E-state index in [-0.39, 0.29) is 12.0 Å². The summed E-state index contributed by atoms with van der Waals surface area (Å²) >= 11 is 4.38. The van der Waals surface area contributed by atoms with Gasteiger partial charge in [0, 0.05) is 21.7 Å². The van der Waals surface area contributed by atoms with E-state index in [0.29, 0.717) is 15.5 Å². The molecule has 1 heterocycles. The van der Waals surface area contributed by atoms with Crippen LogP contribution in [0, 0.1) is 0 Å². The van der Waals surface area contributed by atoms with Gasteiger partial charge in [-0.2, -0.15) is 13.2 Å². The fourth-order valence-electron chi connectivity index (χ4n) is 2.32. The molecular formula is C14H12BrF3N2S. The van der Waals surface area contributed by atoms with Crippen LogP contribution in [0.4, 0.5) is 18.3 Å². The van der Waals surface area contributed by atoms with Gasteiger partial charge in [0.1, 0.15) is 0 Å². The number of nitrogens with zero attached hydrogens (tertiary/aromatic N) is 1. The van der Waals surface area contributed by atoms with Gasteiger partial charge in [-0.25, -0.2) is 4.98 Å². The molecule has 0 aliphatic heterocycles. The van der Waals surface area contributed by atoms with Crippen molar-refractivity contribution in [1.29, 1.82) is 0 Å². The molecule has 0 atom stereocenters. The van der Waals surface area contributed by atoms with Crippen molar-refractivity contribution in [2.75, 3.05) is 5.73 Å². The van der Waals surface area contributed by atoms with Crippen LogP contribution in [0.25, 0.3) is 0 Å². The second-order valence-corrected chi connectivity index (χ2v) is 7.14. The Morgan fingerprint density at radius 2 is 2.05 bits per heavy atom. The maximum atomic E-state index is 13.2. The molecule has 1 aromatic carbocycles. The number of aromatic nitrogens is 1. The summed E-state index contributed by atoms with van der Waals surface area (Å²) in [6, 6.07) is 4.27. The van der Waals surface area contributed by atoms with E-state index < -0.39 is 11.7 Å². The molecule has 3 rings (SSSR count). The van der Waals surface area contributed by atoms with Gasteiger partial charge in [0.25, 0.3) is 0 Å². The van der Waals surface area contributed by atoms with Crippen LogP contribution in [0.1, 0.15) is 40.5 Å². The van der Waals surface area contributed by atoms with Crippen LogP contribution < -0.4 is 5.73 Å². The first kappa shape index (κ1) is 14.8. The molecule has 1 aliphatic rings. The van der Waals surface area contributed by atoms with E-state index in [1.54, 1.807) is 6.07 Å². The maximum absolute atomic E-state index is 13.2. The standard InChI is InChI=1S/C14H12BrF3N2S/c15-9-4-3-8(10(6-9)14(16,17)18)5-11-12(7-1-2-7)20-13(19)21-11/h3-4,6-7H,1-2,5H2,(H2,19,20). The second-order valence-electron chi connectivity index (χ2n) is 5.11. The number of anilines is 1. The van der Waals surface area contributed by atoms with Gasteiger partial charge in [0.2, 0.25) is 0 Å². The summed E-state index contributed by atoms with van der Waals surface area (Å²) in [6.45, 7) is 0. The van der Waals surface area contributed by atoms with Gasteiger partial charge in [-0.1, -0.05) is 22.0 Å². The van der Waals surface area contributed by atoms with Gasteiger partial charge in [0.05, 0.1) is 11.3 Å². The van der Waals surface area contributed by atoms with Crippen molar-refractivity contribution in [1.82, 2.24) is 4.98 Å². The Labute approximate surface area is 132 Å². The first-order valence-electron chi connectivity index (χ1n) is 6.45. The highest BCUT2D eigenvalue weighted by molar-refractivity contribution is 9.10. The van der Waals surface area contributed by atoms with E-state index in [1.165, 1.54) is 17.4 Å². The lowest BCUT2D eigenvalue weighted by Gasteiger charge is -2.13. The fraction of sp³-hybridized carbons (Fsp3) is 0.357. The summed E-state index contributed by atoms with van der Waals surface area (Å²) in [5.41, 5.74) is 6.26. The zero-order valence-electron chi connectivity index (χ0n) is 10.9. The van der Waals surface area contributed by atoms with Gasteiger partial charge < -0.3 is 5.73 Å². The maximum Gasteiger partial charge on any atom is 0.416 e. The Morgan fingerprint density at radius 1 is 1.33 bits per heavy atom. The highest BCUT2D eigenvalue weighted by atomic mass is 79.9. The molecule has 0 amide bonds. The minimum Gasteiger partial charge on any atom is -0.375 e. The zero-order valence-corrected chi connectivity index (χ0v) is 13.3. The molecule has 2 aromatic rings. The number of hydrogen-bond acceptors (Lipinski definition) is 3. The third kappa shape index (κ3) is 3.23. The second kappa shape index (κ2) is 5.28. The molecule has 0 bridgehead atoms. The quantitative estimate of drug-likeness (QED) is 0.820. The van der Waals surface area contributed by atoms with Crippen LogP contribution in [0.5, 0.6) is 0 Å². The van der Waals surface area contributed by atoms with Gasteiger partial charge >= 0.3 is 6.18 Å². The van der Waals surface area contributed by atoms with E-state index in [4.69, 9.17) is 5.73 Å². The largest absolute Gasteiger partial charge is 0.416 e. The Hall–Kier alpha value is -1.08. The van der Waals surface area contributed by atoms with Crippen LogP contribution in [0.15, 0.2) is 22.7 Å². The van der Waals surface area contributed by atoms with Gasteiger partial charge in [-0.15, -0.1) is 11.3 Å². The molecule has 7 heteroatoms. The summed E-state index contributed by atoms with van der Waals surface area (Å²) in [6.07, 6.45) is -2.05. The van der Waals surface area contributed by atoms with Gasteiger partial charge in [0.15, 0.2) is 5.13 Å². The Bertz CT molecular complexity index is 677. The summed E-state index contributed by atoms with van der Waals surface area (Å²) in [4.78, 5) is 5.13. The molecular weight excluding hydrogens is 365 g/mol. The predicted octanol–water partition coefficient (Wildman–Crippen LogP) is 4.97. The summed E-state index contributed by atoms with van der Waals surface area (Å²) < 4.78 is 39.9. The van der Waals surface area contributed by atoms with Crippen LogP contribution in [-0.4, -0.2) is 4.98 Å².